The lowest BCUT2D eigenvalue weighted by Gasteiger charge is -2.11. The second kappa shape index (κ2) is 6.85. The molecule has 0 saturated carbocycles. The van der Waals surface area contributed by atoms with Crippen molar-refractivity contribution in [3.63, 3.8) is 0 Å². The number of benzene rings is 2. The average molecular weight is 370 g/mol. The van der Waals surface area contributed by atoms with Gasteiger partial charge in [0, 0.05) is 13.0 Å². The highest BCUT2D eigenvalue weighted by atomic mass is 35.5. The molecular formula is C14H12ClN3O5S. The van der Waals surface area contributed by atoms with Crippen molar-refractivity contribution in [1.29, 1.82) is 0 Å². The number of anilines is 2. The Morgan fingerprint density at radius 1 is 1.21 bits per heavy atom. The Morgan fingerprint density at radius 3 is 2.46 bits per heavy atom. The maximum atomic E-state index is 12.4. The summed E-state index contributed by atoms with van der Waals surface area (Å²) in [5.41, 5.74) is -0.115. The van der Waals surface area contributed by atoms with Gasteiger partial charge in [-0.1, -0.05) is 23.7 Å². The van der Waals surface area contributed by atoms with Gasteiger partial charge >= 0.3 is 0 Å². The first-order valence-electron chi connectivity index (χ1n) is 6.54. The van der Waals surface area contributed by atoms with Gasteiger partial charge < -0.3 is 5.32 Å². The van der Waals surface area contributed by atoms with E-state index >= 15 is 0 Å². The monoisotopic (exact) mass is 369 g/mol. The summed E-state index contributed by atoms with van der Waals surface area (Å²) in [5.74, 6) is -0.329. The molecule has 10 heteroatoms. The molecule has 1 amide bonds. The van der Waals surface area contributed by atoms with Crippen molar-refractivity contribution < 1.29 is 18.1 Å². The zero-order valence-electron chi connectivity index (χ0n) is 12.3. The van der Waals surface area contributed by atoms with Gasteiger partial charge in [0.25, 0.3) is 15.7 Å². The molecule has 2 rings (SSSR count). The second-order valence-corrected chi connectivity index (χ2v) is 6.76. The summed E-state index contributed by atoms with van der Waals surface area (Å²) in [4.78, 5) is 20.8. The summed E-state index contributed by atoms with van der Waals surface area (Å²) in [6.45, 7) is 1.31. The number of hydrogen-bond donors (Lipinski definition) is 2. The minimum Gasteiger partial charge on any atom is -0.325 e. The highest BCUT2D eigenvalue weighted by Crippen LogP contribution is 2.29. The maximum Gasteiger partial charge on any atom is 0.289 e. The van der Waals surface area contributed by atoms with E-state index in [1.807, 2.05) is 0 Å². The number of nitrogens with zero attached hydrogens (tertiary/aromatic N) is 1. The lowest BCUT2D eigenvalue weighted by molar-refractivity contribution is -0.387. The number of carbonyl (C=O) groups excluding carboxylic acids is 1. The van der Waals surface area contributed by atoms with E-state index in [0.717, 1.165) is 12.1 Å². The van der Waals surface area contributed by atoms with Crippen LogP contribution in [0.25, 0.3) is 0 Å². The number of hydrogen-bond acceptors (Lipinski definition) is 5. The minimum atomic E-state index is -4.18. The number of nitrogens with one attached hydrogen (secondary N) is 2. The molecule has 8 nitrogen and oxygen atoms in total. The summed E-state index contributed by atoms with van der Waals surface area (Å²) in [7, 11) is -4.18. The summed E-state index contributed by atoms with van der Waals surface area (Å²) >= 11 is 5.97. The highest BCUT2D eigenvalue weighted by Gasteiger charge is 2.25. The lowest BCUT2D eigenvalue weighted by atomic mass is 10.3. The second-order valence-electron chi connectivity index (χ2n) is 4.71. The first-order chi connectivity index (χ1) is 11.2. The number of nitro groups is 1. The van der Waals surface area contributed by atoms with Crippen LogP contribution in [-0.4, -0.2) is 19.2 Å². The largest absolute Gasteiger partial charge is 0.325 e. The molecule has 0 aromatic heterocycles. The molecule has 0 aliphatic carbocycles. The number of carbonyl (C=O) groups is 1. The van der Waals surface area contributed by atoms with Crippen molar-refractivity contribution in [3.05, 3.63) is 57.6 Å². The number of nitro benzene ring substituents is 1. The van der Waals surface area contributed by atoms with Crippen LogP contribution >= 0.6 is 11.6 Å². The number of sulfonamides is 1. The van der Waals surface area contributed by atoms with Gasteiger partial charge in [-0.05, 0) is 24.3 Å². The summed E-state index contributed by atoms with van der Waals surface area (Å²) in [6.07, 6.45) is 0. The van der Waals surface area contributed by atoms with Gasteiger partial charge in [0.2, 0.25) is 5.91 Å². The van der Waals surface area contributed by atoms with E-state index in [2.05, 4.69) is 10.0 Å². The van der Waals surface area contributed by atoms with Gasteiger partial charge in [0.15, 0.2) is 4.90 Å². The van der Waals surface area contributed by atoms with Crippen LogP contribution in [0.2, 0.25) is 5.02 Å². The van der Waals surface area contributed by atoms with Gasteiger partial charge in [-0.2, -0.15) is 0 Å². The molecule has 0 aliphatic heterocycles. The van der Waals surface area contributed by atoms with Crippen molar-refractivity contribution in [2.45, 2.75) is 11.8 Å². The SMILES string of the molecule is CC(=O)Nc1ccc(NS(=O)(=O)c2ccccc2[N+](=O)[O-])cc1Cl. The fourth-order valence-corrected chi connectivity index (χ4v) is 3.37. The van der Waals surface area contributed by atoms with Crippen LogP contribution in [0.15, 0.2) is 47.4 Å². The Balaban J connectivity index is 2.35. The molecule has 0 heterocycles. The Bertz CT molecular complexity index is 914. The Labute approximate surface area is 142 Å². The molecule has 0 fully saturated rings. The Morgan fingerprint density at radius 2 is 1.88 bits per heavy atom. The van der Waals surface area contributed by atoms with Crippen LogP contribution in [0.3, 0.4) is 0 Å². The van der Waals surface area contributed by atoms with Crippen molar-refractivity contribution >= 4 is 44.6 Å². The molecule has 0 saturated heterocycles. The first-order valence-corrected chi connectivity index (χ1v) is 8.40. The Kier molecular flexibility index (Phi) is 5.05. The minimum absolute atomic E-state index is 0.104. The van der Waals surface area contributed by atoms with Gasteiger partial charge in [0.05, 0.1) is 21.3 Å². The van der Waals surface area contributed by atoms with Gasteiger partial charge in [-0.25, -0.2) is 8.42 Å². The summed E-state index contributed by atoms with van der Waals surface area (Å²) in [6, 6.07) is 9.07. The van der Waals surface area contributed by atoms with Gasteiger partial charge in [0.1, 0.15) is 0 Å². The fraction of sp³-hybridized carbons (Fsp3) is 0.0714. The van der Waals surface area contributed by atoms with Crippen LogP contribution in [0.1, 0.15) is 6.92 Å². The van der Waals surface area contributed by atoms with Crippen molar-refractivity contribution in [3.8, 4) is 0 Å². The number of halogens is 1. The summed E-state index contributed by atoms with van der Waals surface area (Å²) in [5, 5.41) is 13.6. The van der Waals surface area contributed by atoms with E-state index in [4.69, 9.17) is 11.6 Å². The smallest absolute Gasteiger partial charge is 0.289 e. The standard InChI is InChI=1S/C14H12ClN3O5S/c1-9(19)16-12-7-6-10(8-11(12)15)17-24(22,23)14-5-3-2-4-13(14)18(20)21/h2-8,17H,1H3,(H,16,19). The van der Waals surface area contributed by atoms with Crippen LogP contribution in [0, 0.1) is 10.1 Å². The first kappa shape index (κ1) is 17.7. The molecule has 0 atom stereocenters. The quantitative estimate of drug-likeness (QED) is 0.620. The molecule has 0 radical (unpaired) electrons. The predicted octanol–water partition coefficient (Wildman–Crippen LogP) is 3.01. The molecule has 0 unspecified atom stereocenters. The van der Waals surface area contributed by atoms with E-state index in [1.54, 1.807) is 0 Å². The molecule has 2 N–H and O–H groups in total. The molecule has 24 heavy (non-hydrogen) atoms. The summed E-state index contributed by atoms with van der Waals surface area (Å²) < 4.78 is 27.0. The van der Waals surface area contributed by atoms with E-state index in [1.165, 1.54) is 37.3 Å². The number of amides is 1. The normalized spacial score (nSPS) is 10.9. The van der Waals surface area contributed by atoms with Crippen LogP contribution in [0.4, 0.5) is 17.1 Å². The maximum absolute atomic E-state index is 12.4. The van der Waals surface area contributed by atoms with Gasteiger partial charge in [-0.3, -0.25) is 19.6 Å². The molecule has 0 spiro atoms. The zero-order chi connectivity index (χ0) is 17.9. The zero-order valence-corrected chi connectivity index (χ0v) is 13.9. The molecule has 0 bridgehead atoms. The molecule has 2 aromatic carbocycles. The van der Waals surface area contributed by atoms with Gasteiger partial charge in [-0.15, -0.1) is 0 Å². The van der Waals surface area contributed by atoms with Crippen molar-refractivity contribution in [1.82, 2.24) is 0 Å². The van der Waals surface area contributed by atoms with E-state index in [9.17, 15) is 23.3 Å². The molecule has 126 valence electrons. The average Bonchev–Trinajstić information content (AvgIpc) is 2.49. The van der Waals surface area contributed by atoms with E-state index in [0.29, 0.717) is 5.69 Å². The number of para-hydroxylation sites is 1. The highest BCUT2D eigenvalue weighted by molar-refractivity contribution is 7.92. The fourth-order valence-electron chi connectivity index (χ4n) is 1.91. The van der Waals surface area contributed by atoms with Crippen LogP contribution < -0.4 is 10.0 Å². The van der Waals surface area contributed by atoms with Crippen molar-refractivity contribution in [2.75, 3.05) is 10.0 Å². The molecule has 2 aromatic rings. The van der Waals surface area contributed by atoms with E-state index in [-0.39, 0.29) is 16.6 Å². The third kappa shape index (κ3) is 4.00. The van der Waals surface area contributed by atoms with Crippen LogP contribution in [-0.2, 0) is 14.8 Å². The topological polar surface area (TPSA) is 118 Å². The van der Waals surface area contributed by atoms with Crippen molar-refractivity contribution in [2.24, 2.45) is 0 Å². The molecule has 0 aliphatic rings. The third-order valence-corrected chi connectivity index (χ3v) is 4.62. The predicted molar refractivity (Wildman–Crippen MR) is 89.7 cm³/mol. The Hall–Kier alpha value is -2.65. The lowest BCUT2D eigenvalue weighted by Crippen LogP contribution is -2.15. The van der Waals surface area contributed by atoms with E-state index < -0.39 is 25.5 Å². The third-order valence-electron chi connectivity index (χ3n) is 2.88. The van der Waals surface area contributed by atoms with Crippen LogP contribution in [0.5, 0.6) is 0 Å². The molecular weight excluding hydrogens is 358 g/mol. The number of rotatable bonds is 5.